The first-order valence-corrected chi connectivity index (χ1v) is 6.63. The lowest BCUT2D eigenvalue weighted by Crippen LogP contribution is -2.86. The minimum absolute atomic E-state index is 0.191. The van der Waals surface area contributed by atoms with Crippen molar-refractivity contribution in [1.82, 2.24) is 0 Å². The van der Waals surface area contributed by atoms with Gasteiger partial charge in [0.2, 0.25) is 0 Å². The van der Waals surface area contributed by atoms with E-state index in [2.05, 4.69) is 23.5 Å². The van der Waals surface area contributed by atoms with Crippen LogP contribution in [0.1, 0.15) is 34.3 Å². The van der Waals surface area contributed by atoms with Gasteiger partial charge in [-0.25, -0.2) is 4.79 Å². The second-order valence-corrected chi connectivity index (χ2v) is 5.06. The standard InChI is InChI=1S/C15H17NO2/c17-15-14-4-3-12(9-13(14)10-18-15)2-1-11-5-7-16-8-6-11/h1-4,9,11,16H,5-8,10H2/p+1/b2-1+. The maximum absolute atomic E-state index is 11.3. The zero-order chi connectivity index (χ0) is 12.4. The van der Waals surface area contributed by atoms with E-state index in [9.17, 15) is 4.79 Å². The van der Waals surface area contributed by atoms with Gasteiger partial charge >= 0.3 is 5.97 Å². The van der Waals surface area contributed by atoms with Crippen molar-refractivity contribution in [3.8, 4) is 0 Å². The highest BCUT2D eigenvalue weighted by atomic mass is 16.5. The van der Waals surface area contributed by atoms with Crippen molar-refractivity contribution < 1.29 is 14.8 Å². The van der Waals surface area contributed by atoms with E-state index in [1.54, 1.807) is 0 Å². The lowest BCUT2D eigenvalue weighted by molar-refractivity contribution is -0.664. The molecule has 18 heavy (non-hydrogen) atoms. The molecule has 0 aliphatic carbocycles. The second kappa shape index (κ2) is 4.94. The Kier molecular flexibility index (Phi) is 3.15. The number of ether oxygens (including phenoxy) is 1. The summed E-state index contributed by atoms with van der Waals surface area (Å²) in [5.74, 6) is 0.518. The SMILES string of the molecule is O=C1OCc2cc(/C=C/C3CC[NH2+]CC3)ccc21. The molecule has 1 saturated heterocycles. The van der Waals surface area contributed by atoms with E-state index >= 15 is 0 Å². The fraction of sp³-hybridized carbons (Fsp3) is 0.400. The molecule has 2 aliphatic heterocycles. The molecular formula is C15H18NO2+. The van der Waals surface area contributed by atoms with Crippen LogP contribution in [0.25, 0.3) is 6.08 Å². The second-order valence-electron chi connectivity index (χ2n) is 5.06. The van der Waals surface area contributed by atoms with Crippen LogP contribution in [0.3, 0.4) is 0 Å². The van der Waals surface area contributed by atoms with Gasteiger partial charge < -0.3 is 10.1 Å². The van der Waals surface area contributed by atoms with Crippen LogP contribution in [0.2, 0.25) is 0 Å². The monoisotopic (exact) mass is 244 g/mol. The van der Waals surface area contributed by atoms with E-state index in [-0.39, 0.29) is 5.97 Å². The number of hydrogen-bond acceptors (Lipinski definition) is 2. The first kappa shape index (κ1) is 11.5. The quantitative estimate of drug-likeness (QED) is 0.798. The Balaban J connectivity index is 1.73. The van der Waals surface area contributed by atoms with Crippen molar-refractivity contribution in [3.63, 3.8) is 0 Å². The van der Waals surface area contributed by atoms with Crippen LogP contribution in [0.4, 0.5) is 0 Å². The predicted octanol–water partition coefficient (Wildman–Crippen LogP) is 1.34. The third kappa shape index (κ3) is 2.31. The van der Waals surface area contributed by atoms with Gasteiger partial charge in [0.1, 0.15) is 6.61 Å². The van der Waals surface area contributed by atoms with Gasteiger partial charge in [0.05, 0.1) is 18.7 Å². The topological polar surface area (TPSA) is 42.9 Å². The largest absolute Gasteiger partial charge is 0.457 e. The zero-order valence-corrected chi connectivity index (χ0v) is 10.4. The Labute approximate surface area is 107 Å². The summed E-state index contributed by atoms with van der Waals surface area (Å²) in [6.45, 7) is 2.90. The van der Waals surface area contributed by atoms with Crippen LogP contribution in [0, 0.1) is 5.92 Å². The molecule has 1 aromatic rings. The van der Waals surface area contributed by atoms with Crippen molar-refractivity contribution in [2.75, 3.05) is 13.1 Å². The Morgan fingerprint density at radius 1 is 1.28 bits per heavy atom. The average Bonchev–Trinajstić information content (AvgIpc) is 2.79. The normalized spacial score (nSPS) is 20.1. The molecule has 1 fully saturated rings. The zero-order valence-electron chi connectivity index (χ0n) is 10.4. The summed E-state index contributed by atoms with van der Waals surface area (Å²) in [5, 5.41) is 2.38. The highest BCUT2D eigenvalue weighted by Gasteiger charge is 2.20. The molecular weight excluding hydrogens is 226 g/mol. The van der Waals surface area contributed by atoms with Gasteiger partial charge in [0.25, 0.3) is 0 Å². The van der Waals surface area contributed by atoms with Crippen molar-refractivity contribution in [2.45, 2.75) is 19.4 Å². The van der Waals surface area contributed by atoms with E-state index in [1.807, 2.05) is 12.1 Å². The molecule has 3 nitrogen and oxygen atoms in total. The van der Waals surface area contributed by atoms with Crippen molar-refractivity contribution in [3.05, 3.63) is 41.0 Å². The van der Waals surface area contributed by atoms with Gasteiger partial charge in [0.15, 0.2) is 0 Å². The maximum atomic E-state index is 11.3. The van der Waals surface area contributed by atoms with E-state index in [0.717, 1.165) is 11.1 Å². The molecule has 0 saturated carbocycles. The number of nitrogens with two attached hydrogens (primary N) is 1. The number of rotatable bonds is 2. The Hall–Kier alpha value is -1.61. The third-order valence-electron chi connectivity index (χ3n) is 3.75. The van der Waals surface area contributed by atoms with Gasteiger partial charge in [-0.2, -0.15) is 0 Å². The van der Waals surface area contributed by atoms with Crippen molar-refractivity contribution in [2.24, 2.45) is 5.92 Å². The number of allylic oxidation sites excluding steroid dienone is 1. The van der Waals surface area contributed by atoms with Crippen LogP contribution >= 0.6 is 0 Å². The summed E-state index contributed by atoms with van der Waals surface area (Å²) < 4.78 is 5.01. The first-order chi connectivity index (χ1) is 8.83. The molecule has 0 bridgehead atoms. The molecule has 0 atom stereocenters. The molecule has 0 unspecified atom stereocenters. The van der Waals surface area contributed by atoms with Crippen molar-refractivity contribution in [1.29, 1.82) is 0 Å². The first-order valence-electron chi connectivity index (χ1n) is 6.63. The molecule has 0 spiro atoms. The Morgan fingerprint density at radius 3 is 2.94 bits per heavy atom. The lowest BCUT2D eigenvalue weighted by Gasteiger charge is -2.16. The van der Waals surface area contributed by atoms with Crippen LogP contribution < -0.4 is 5.32 Å². The molecule has 2 aliphatic rings. The average molecular weight is 244 g/mol. The number of piperidine rings is 1. The predicted molar refractivity (Wildman–Crippen MR) is 69.0 cm³/mol. The molecule has 3 heteroatoms. The lowest BCUT2D eigenvalue weighted by atomic mass is 9.96. The number of hydrogen-bond donors (Lipinski definition) is 1. The number of benzene rings is 1. The Morgan fingerprint density at radius 2 is 2.11 bits per heavy atom. The number of fused-ring (bicyclic) bond motifs is 1. The molecule has 0 aromatic heterocycles. The molecule has 2 N–H and O–H groups in total. The van der Waals surface area contributed by atoms with Crippen LogP contribution in [0.15, 0.2) is 24.3 Å². The fourth-order valence-electron chi connectivity index (χ4n) is 2.65. The van der Waals surface area contributed by atoms with Gasteiger partial charge in [-0.05, 0) is 23.6 Å². The number of cyclic esters (lactones) is 1. The van der Waals surface area contributed by atoms with Crippen LogP contribution in [0.5, 0.6) is 0 Å². The number of carbonyl (C=O) groups excluding carboxylic acids is 1. The highest BCUT2D eigenvalue weighted by molar-refractivity contribution is 5.93. The number of esters is 1. The summed E-state index contributed by atoms with van der Waals surface area (Å²) in [7, 11) is 0. The fourth-order valence-corrected chi connectivity index (χ4v) is 2.65. The summed E-state index contributed by atoms with van der Waals surface area (Å²) >= 11 is 0. The highest BCUT2D eigenvalue weighted by Crippen LogP contribution is 2.22. The Bertz CT molecular complexity index is 487. The van der Waals surface area contributed by atoms with E-state index in [0.29, 0.717) is 12.5 Å². The smallest absolute Gasteiger partial charge is 0.338 e. The third-order valence-corrected chi connectivity index (χ3v) is 3.75. The van der Waals surface area contributed by atoms with Gasteiger partial charge in [0, 0.05) is 18.4 Å². The van der Waals surface area contributed by atoms with Crippen LogP contribution in [-0.4, -0.2) is 19.1 Å². The van der Waals surface area contributed by atoms with E-state index in [4.69, 9.17) is 4.74 Å². The van der Waals surface area contributed by atoms with E-state index in [1.165, 1.54) is 31.5 Å². The molecule has 94 valence electrons. The minimum Gasteiger partial charge on any atom is -0.457 e. The minimum atomic E-state index is -0.191. The number of quaternary nitrogens is 1. The van der Waals surface area contributed by atoms with Crippen molar-refractivity contribution >= 4 is 12.0 Å². The summed E-state index contributed by atoms with van der Waals surface area (Å²) in [6, 6.07) is 5.93. The molecule has 0 radical (unpaired) electrons. The van der Waals surface area contributed by atoms with Gasteiger partial charge in [-0.15, -0.1) is 0 Å². The summed E-state index contributed by atoms with van der Waals surface area (Å²) in [5.41, 5.74) is 2.90. The molecule has 0 amide bonds. The summed E-state index contributed by atoms with van der Waals surface area (Å²) in [6.07, 6.45) is 7.03. The molecule has 1 aromatic carbocycles. The molecule has 3 rings (SSSR count). The maximum Gasteiger partial charge on any atom is 0.338 e. The van der Waals surface area contributed by atoms with Gasteiger partial charge in [-0.3, -0.25) is 0 Å². The molecule has 2 heterocycles. The van der Waals surface area contributed by atoms with E-state index < -0.39 is 0 Å². The number of carbonyl (C=O) groups is 1. The van der Waals surface area contributed by atoms with Crippen LogP contribution in [-0.2, 0) is 11.3 Å². The summed E-state index contributed by atoms with van der Waals surface area (Å²) in [4.78, 5) is 11.3. The van der Waals surface area contributed by atoms with Gasteiger partial charge in [-0.1, -0.05) is 18.2 Å².